The molecule has 0 atom stereocenters. The minimum absolute atomic E-state index is 0.147. The van der Waals surface area contributed by atoms with Gasteiger partial charge in [-0.3, -0.25) is 4.79 Å². The van der Waals surface area contributed by atoms with Gasteiger partial charge in [0.2, 0.25) is 0 Å². The molecule has 2 N–H and O–H groups in total. The quantitative estimate of drug-likeness (QED) is 0.847. The normalized spacial score (nSPS) is 14.8. The van der Waals surface area contributed by atoms with E-state index in [4.69, 9.17) is 0 Å². The van der Waals surface area contributed by atoms with E-state index in [9.17, 15) is 4.79 Å². The van der Waals surface area contributed by atoms with Gasteiger partial charge in [0.1, 0.15) is 5.82 Å². The van der Waals surface area contributed by atoms with Gasteiger partial charge in [0, 0.05) is 10.5 Å². The molecule has 0 spiro atoms. The van der Waals surface area contributed by atoms with Gasteiger partial charge >= 0.3 is 0 Å². The number of nitrogens with one attached hydrogen (secondary N) is 2. The third-order valence-electron chi connectivity index (χ3n) is 3.85. The molecule has 2 aromatic rings. The number of amides is 1. The highest BCUT2D eigenvalue weighted by Crippen LogP contribution is 2.22. The minimum atomic E-state index is -0.147. The number of benzene rings is 1. The summed E-state index contributed by atoms with van der Waals surface area (Å²) in [6.45, 7) is 0. The molecule has 0 bridgehead atoms. The van der Waals surface area contributed by atoms with E-state index in [1.165, 1.54) is 25.7 Å². The van der Waals surface area contributed by atoms with Gasteiger partial charge in [0.05, 0.1) is 17.4 Å². The van der Waals surface area contributed by atoms with E-state index < -0.39 is 0 Å². The van der Waals surface area contributed by atoms with Crippen LogP contribution in [0.25, 0.3) is 0 Å². The molecule has 1 saturated carbocycles. The number of aromatic nitrogens is 1. The van der Waals surface area contributed by atoms with E-state index in [1.54, 1.807) is 12.3 Å². The van der Waals surface area contributed by atoms with Crippen molar-refractivity contribution in [3.8, 4) is 0 Å². The number of carbonyl (C=O) groups is 1. The number of anilines is 2. The molecule has 3 rings (SSSR count). The molecular weight excluding hydrogens is 342 g/mol. The zero-order valence-corrected chi connectivity index (χ0v) is 13.8. The van der Waals surface area contributed by atoms with Crippen molar-refractivity contribution in [1.82, 2.24) is 4.98 Å². The maximum atomic E-state index is 12.2. The van der Waals surface area contributed by atoms with Gasteiger partial charge in [-0.25, -0.2) is 4.98 Å². The Labute approximate surface area is 138 Å². The van der Waals surface area contributed by atoms with Crippen LogP contribution < -0.4 is 10.6 Å². The van der Waals surface area contributed by atoms with Crippen molar-refractivity contribution >= 4 is 33.3 Å². The Balaban J connectivity index is 1.63. The first kappa shape index (κ1) is 15.0. The van der Waals surface area contributed by atoms with Crippen molar-refractivity contribution < 1.29 is 4.79 Å². The molecular formula is C17H18BrN3O. The number of hydrogen-bond donors (Lipinski definition) is 2. The minimum Gasteiger partial charge on any atom is -0.367 e. The summed E-state index contributed by atoms with van der Waals surface area (Å²) in [5, 5.41) is 6.29. The highest BCUT2D eigenvalue weighted by atomic mass is 79.9. The van der Waals surface area contributed by atoms with Gasteiger partial charge in [0.25, 0.3) is 5.91 Å². The van der Waals surface area contributed by atoms with E-state index in [0.29, 0.717) is 17.3 Å². The highest BCUT2D eigenvalue weighted by Gasteiger charge is 2.15. The van der Waals surface area contributed by atoms with E-state index in [1.807, 2.05) is 30.3 Å². The number of carbonyl (C=O) groups excluding carboxylic acids is 1. The largest absolute Gasteiger partial charge is 0.367 e. The van der Waals surface area contributed by atoms with Gasteiger partial charge in [0.15, 0.2) is 0 Å². The third-order valence-corrected chi connectivity index (χ3v) is 4.54. The Hall–Kier alpha value is -1.88. The van der Waals surface area contributed by atoms with Crippen LogP contribution in [0, 0.1) is 0 Å². The SMILES string of the molecule is O=C(Nc1ccc(NC2CCCC2)nc1)c1ccccc1Br. The predicted molar refractivity (Wildman–Crippen MR) is 92.2 cm³/mol. The van der Waals surface area contributed by atoms with Gasteiger partial charge in [-0.05, 0) is 53.0 Å². The molecule has 0 saturated heterocycles. The fourth-order valence-electron chi connectivity index (χ4n) is 2.68. The molecule has 1 aliphatic carbocycles. The molecule has 1 amide bonds. The van der Waals surface area contributed by atoms with Crippen molar-refractivity contribution in [3.05, 3.63) is 52.6 Å². The molecule has 1 aliphatic rings. The summed E-state index contributed by atoms with van der Waals surface area (Å²) in [5.41, 5.74) is 1.30. The van der Waals surface area contributed by atoms with E-state index >= 15 is 0 Å². The van der Waals surface area contributed by atoms with Crippen LogP contribution in [0.4, 0.5) is 11.5 Å². The van der Waals surface area contributed by atoms with Crippen LogP contribution in [-0.4, -0.2) is 16.9 Å². The standard InChI is InChI=1S/C17H18BrN3O/c18-15-8-4-3-7-14(15)17(22)21-13-9-10-16(19-11-13)20-12-5-1-2-6-12/h3-4,7-12H,1-2,5-6H2,(H,19,20)(H,21,22). The fourth-order valence-corrected chi connectivity index (χ4v) is 3.14. The van der Waals surface area contributed by atoms with E-state index in [-0.39, 0.29) is 5.91 Å². The number of halogens is 1. The van der Waals surface area contributed by atoms with E-state index in [0.717, 1.165) is 10.3 Å². The molecule has 1 heterocycles. The summed E-state index contributed by atoms with van der Waals surface area (Å²) in [6.07, 6.45) is 6.69. The smallest absolute Gasteiger partial charge is 0.256 e. The maximum Gasteiger partial charge on any atom is 0.256 e. The molecule has 0 radical (unpaired) electrons. The zero-order chi connectivity index (χ0) is 15.4. The molecule has 22 heavy (non-hydrogen) atoms. The summed E-state index contributed by atoms with van der Waals surface area (Å²) in [7, 11) is 0. The summed E-state index contributed by atoms with van der Waals surface area (Å²) < 4.78 is 0.778. The molecule has 5 heteroatoms. The Morgan fingerprint density at radius 2 is 1.91 bits per heavy atom. The first-order chi connectivity index (χ1) is 10.7. The third kappa shape index (κ3) is 3.65. The van der Waals surface area contributed by atoms with Crippen LogP contribution >= 0.6 is 15.9 Å². The number of rotatable bonds is 4. The Kier molecular flexibility index (Phi) is 4.73. The van der Waals surface area contributed by atoms with Crippen LogP contribution in [0.3, 0.4) is 0 Å². The first-order valence-electron chi connectivity index (χ1n) is 7.51. The topological polar surface area (TPSA) is 54.0 Å². The van der Waals surface area contributed by atoms with Crippen molar-refractivity contribution in [1.29, 1.82) is 0 Å². The summed E-state index contributed by atoms with van der Waals surface area (Å²) in [5.74, 6) is 0.719. The molecule has 0 aliphatic heterocycles. The first-order valence-corrected chi connectivity index (χ1v) is 8.30. The maximum absolute atomic E-state index is 12.2. The monoisotopic (exact) mass is 359 g/mol. The molecule has 0 unspecified atom stereocenters. The Morgan fingerprint density at radius 1 is 1.14 bits per heavy atom. The van der Waals surface area contributed by atoms with Crippen molar-refractivity contribution in [2.75, 3.05) is 10.6 Å². The molecule has 1 fully saturated rings. The Morgan fingerprint density at radius 3 is 2.59 bits per heavy atom. The van der Waals surface area contributed by atoms with E-state index in [2.05, 4.69) is 31.5 Å². The zero-order valence-electron chi connectivity index (χ0n) is 12.2. The van der Waals surface area contributed by atoms with Crippen molar-refractivity contribution in [2.45, 2.75) is 31.7 Å². The van der Waals surface area contributed by atoms with Crippen LogP contribution in [-0.2, 0) is 0 Å². The second-order valence-electron chi connectivity index (χ2n) is 5.49. The number of nitrogens with zero attached hydrogens (tertiary/aromatic N) is 1. The van der Waals surface area contributed by atoms with Crippen molar-refractivity contribution in [3.63, 3.8) is 0 Å². The summed E-state index contributed by atoms with van der Waals surface area (Å²) in [6, 6.07) is 11.7. The molecule has 1 aromatic carbocycles. The van der Waals surface area contributed by atoms with Crippen LogP contribution in [0.1, 0.15) is 36.0 Å². The van der Waals surface area contributed by atoms with Gasteiger partial charge in [-0.2, -0.15) is 0 Å². The number of hydrogen-bond acceptors (Lipinski definition) is 3. The lowest BCUT2D eigenvalue weighted by atomic mass is 10.2. The lowest BCUT2D eigenvalue weighted by molar-refractivity contribution is 0.102. The second-order valence-corrected chi connectivity index (χ2v) is 6.35. The average molecular weight is 360 g/mol. The Bertz CT molecular complexity index is 651. The molecule has 4 nitrogen and oxygen atoms in total. The highest BCUT2D eigenvalue weighted by molar-refractivity contribution is 9.10. The van der Waals surface area contributed by atoms with Gasteiger partial charge in [-0.1, -0.05) is 25.0 Å². The summed E-state index contributed by atoms with van der Waals surface area (Å²) in [4.78, 5) is 16.6. The fraction of sp³-hybridized carbons (Fsp3) is 0.294. The van der Waals surface area contributed by atoms with Crippen LogP contribution in [0.2, 0.25) is 0 Å². The van der Waals surface area contributed by atoms with Crippen LogP contribution in [0.5, 0.6) is 0 Å². The van der Waals surface area contributed by atoms with Crippen LogP contribution in [0.15, 0.2) is 47.1 Å². The summed E-state index contributed by atoms with van der Waals surface area (Å²) >= 11 is 3.38. The van der Waals surface area contributed by atoms with Gasteiger partial charge in [-0.15, -0.1) is 0 Å². The van der Waals surface area contributed by atoms with Gasteiger partial charge < -0.3 is 10.6 Å². The molecule has 114 valence electrons. The van der Waals surface area contributed by atoms with Crippen molar-refractivity contribution in [2.24, 2.45) is 0 Å². The number of pyridine rings is 1. The predicted octanol–water partition coefficient (Wildman–Crippen LogP) is 4.45. The average Bonchev–Trinajstić information content (AvgIpc) is 3.02. The lowest BCUT2D eigenvalue weighted by Crippen LogP contribution is -2.16. The molecule has 1 aromatic heterocycles. The lowest BCUT2D eigenvalue weighted by Gasteiger charge is -2.13. The second kappa shape index (κ2) is 6.92.